The van der Waals surface area contributed by atoms with Crippen LogP contribution in [0.4, 0.5) is 5.69 Å². The predicted octanol–water partition coefficient (Wildman–Crippen LogP) is 2.47. The largest absolute Gasteiger partial charge is 0.416 e. The van der Waals surface area contributed by atoms with E-state index in [0.717, 1.165) is 11.3 Å². The molecule has 1 amide bonds. The number of carbonyl (C=O) groups excluding carboxylic acids is 1. The lowest BCUT2D eigenvalue weighted by atomic mass is 10.1. The monoisotopic (exact) mass is 395 g/mol. The topological polar surface area (TPSA) is 102 Å². The molecule has 1 fully saturated rings. The summed E-state index contributed by atoms with van der Waals surface area (Å²) >= 11 is 1.18. The molecule has 2 heterocycles. The van der Waals surface area contributed by atoms with Crippen LogP contribution >= 0.6 is 11.8 Å². The van der Waals surface area contributed by atoms with Gasteiger partial charge in [0.25, 0.3) is 5.22 Å². The molecule has 0 unspecified atom stereocenters. The molecule has 1 saturated heterocycles. The molecule has 0 saturated carbocycles. The van der Waals surface area contributed by atoms with Crippen LogP contribution in [0.1, 0.15) is 24.8 Å². The lowest BCUT2D eigenvalue weighted by molar-refractivity contribution is -0.115. The maximum atomic E-state index is 12.3. The van der Waals surface area contributed by atoms with Crippen molar-refractivity contribution in [1.29, 1.82) is 0 Å². The quantitative estimate of drug-likeness (QED) is 0.750. The fourth-order valence-electron chi connectivity index (χ4n) is 2.73. The van der Waals surface area contributed by atoms with Gasteiger partial charge in [-0.2, -0.15) is 0 Å². The highest BCUT2D eigenvalue weighted by atomic mass is 32.2. The molecule has 2 aromatic rings. The van der Waals surface area contributed by atoms with E-state index in [4.69, 9.17) is 4.42 Å². The van der Waals surface area contributed by atoms with Crippen LogP contribution < -0.4 is 5.32 Å². The normalized spacial score (nSPS) is 20.0. The lowest BCUT2D eigenvalue weighted by Gasteiger charge is -2.10. The van der Waals surface area contributed by atoms with Gasteiger partial charge in [-0.25, -0.2) is 8.42 Å². The Labute approximate surface area is 156 Å². The molecule has 1 aliphatic heterocycles. The van der Waals surface area contributed by atoms with Gasteiger partial charge in [-0.05, 0) is 38.3 Å². The van der Waals surface area contributed by atoms with Crippen LogP contribution in [0, 0.1) is 12.8 Å². The number of aromatic nitrogens is 2. The van der Waals surface area contributed by atoms with Gasteiger partial charge in [0.2, 0.25) is 11.8 Å². The smallest absolute Gasteiger partial charge is 0.277 e. The molecule has 0 bridgehead atoms. The molecule has 3 rings (SSSR count). The van der Waals surface area contributed by atoms with Crippen LogP contribution in [-0.4, -0.2) is 41.3 Å². The van der Waals surface area contributed by atoms with E-state index in [9.17, 15) is 13.2 Å². The zero-order valence-electron chi connectivity index (χ0n) is 14.6. The van der Waals surface area contributed by atoms with Gasteiger partial charge < -0.3 is 9.73 Å². The maximum absolute atomic E-state index is 12.3. The van der Waals surface area contributed by atoms with Gasteiger partial charge in [0, 0.05) is 12.1 Å². The second-order valence-electron chi connectivity index (χ2n) is 6.55. The molecular weight excluding hydrogens is 374 g/mol. The van der Waals surface area contributed by atoms with Gasteiger partial charge in [0.15, 0.2) is 9.84 Å². The van der Waals surface area contributed by atoms with Gasteiger partial charge in [0.1, 0.15) is 0 Å². The van der Waals surface area contributed by atoms with E-state index in [0.29, 0.717) is 24.0 Å². The summed E-state index contributed by atoms with van der Waals surface area (Å²) in [5, 5.41) is 10.7. The van der Waals surface area contributed by atoms with Gasteiger partial charge >= 0.3 is 0 Å². The summed E-state index contributed by atoms with van der Waals surface area (Å²) < 4.78 is 28.6. The molecule has 1 aromatic heterocycles. The first-order valence-corrected chi connectivity index (χ1v) is 11.1. The number of carbonyl (C=O) groups is 1. The SMILES string of the molecule is Cc1ccc(NC(=O)[C@H](C)Sc2nnc(C[C@@H]3CCS(=O)(=O)C3)o2)cc1. The van der Waals surface area contributed by atoms with Crippen molar-refractivity contribution in [3.05, 3.63) is 35.7 Å². The highest BCUT2D eigenvalue weighted by Gasteiger charge is 2.29. The Bertz CT molecular complexity index is 878. The van der Waals surface area contributed by atoms with Crippen molar-refractivity contribution in [2.75, 3.05) is 16.8 Å². The first kappa shape index (κ1) is 18.9. The van der Waals surface area contributed by atoms with Crippen molar-refractivity contribution in [3.8, 4) is 0 Å². The van der Waals surface area contributed by atoms with E-state index < -0.39 is 15.1 Å². The highest BCUT2D eigenvalue weighted by Crippen LogP contribution is 2.26. The van der Waals surface area contributed by atoms with E-state index in [2.05, 4.69) is 15.5 Å². The van der Waals surface area contributed by atoms with Crippen LogP contribution in [0.5, 0.6) is 0 Å². The fourth-order valence-corrected chi connectivity index (χ4v) is 5.30. The van der Waals surface area contributed by atoms with Crippen molar-refractivity contribution >= 4 is 33.2 Å². The fraction of sp³-hybridized carbons (Fsp3) is 0.471. The van der Waals surface area contributed by atoms with Gasteiger partial charge in [-0.3, -0.25) is 4.79 Å². The summed E-state index contributed by atoms with van der Waals surface area (Å²) in [5.74, 6) is 0.693. The first-order valence-electron chi connectivity index (χ1n) is 8.38. The van der Waals surface area contributed by atoms with Crippen molar-refractivity contribution in [2.45, 2.75) is 37.2 Å². The summed E-state index contributed by atoms with van der Waals surface area (Å²) in [5.41, 5.74) is 1.86. The molecule has 140 valence electrons. The number of hydrogen-bond donors (Lipinski definition) is 1. The summed E-state index contributed by atoms with van der Waals surface area (Å²) in [7, 11) is -2.92. The zero-order chi connectivity index (χ0) is 18.7. The lowest BCUT2D eigenvalue weighted by Crippen LogP contribution is -2.22. The Morgan fingerprint density at radius 2 is 2.08 bits per heavy atom. The van der Waals surface area contributed by atoms with Gasteiger partial charge in [-0.15, -0.1) is 10.2 Å². The highest BCUT2D eigenvalue weighted by molar-refractivity contribution is 8.00. The summed E-state index contributed by atoms with van der Waals surface area (Å²) in [4.78, 5) is 12.3. The first-order chi connectivity index (χ1) is 12.3. The Morgan fingerprint density at radius 3 is 2.73 bits per heavy atom. The van der Waals surface area contributed by atoms with Crippen molar-refractivity contribution in [1.82, 2.24) is 10.2 Å². The number of benzene rings is 1. The van der Waals surface area contributed by atoms with Crippen LogP contribution in [0.15, 0.2) is 33.9 Å². The van der Waals surface area contributed by atoms with Crippen LogP contribution in [0.3, 0.4) is 0 Å². The Kier molecular flexibility index (Phi) is 5.67. The molecule has 1 aliphatic rings. The third kappa shape index (κ3) is 5.07. The number of rotatable bonds is 6. The number of amides is 1. The third-order valence-electron chi connectivity index (χ3n) is 4.20. The predicted molar refractivity (Wildman–Crippen MR) is 99.9 cm³/mol. The minimum Gasteiger partial charge on any atom is -0.416 e. The van der Waals surface area contributed by atoms with E-state index in [-0.39, 0.29) is 23.3 Å². The second-order valence-corrected chi connectivity index (χ2v) is 10.1. The third-order valence-corrected chi connectivity index (χ3v) is 6.98. The Morgan fingerprint density at radius 1 is 1.35 bits per heavy atom. The average Bonchev–Trinajstić information content (AvgIpc) is 3.15. The number of sulfone groups is 1. The molecule has 7 nitrogen and oxygen atoms in total. The van der Waals surface area contributed by atoms with Crippen molar-refractivity contribution in [3.63, 3.8) is 0 Å². The zero-order valence-corrected chi connectivity index (χ0v) is 16.3. The minimum atomic E-state index is -2.92. The van der Waals surface area contributed by atoms with Crippen LogP contribution in [-0.2, 0) is 21.1 Å². The number of anilines is 1. The Hall–Kier alpha value is -1.87. The molecular formula is C17H21N3O4S2. The van der Waals surface area contributed by atoms with E-state index in [1.807, 2.05) is 31.2 Å². The van der Waals surface area contributed by atoms with Crippen molar-refractivity contribution in [2.24, 2.45) is 5.92 Å². The molecule has 0 aliphatic carbocycles. The summed E-state index contributed by atoms with van der Waals surface area (Å²) in [6.45, 7) is 3.75. The number of hydrogen-bond acceptors (Lipinski definition) is 7. The summed E-state index contributed by atoms with van der Waals surface area (Å²) in [6.07, 6.45) is 1.08. The summed E-state index contributed by atoms with van der Waals surface area (Å²) in [6, 6.07) is 7.57. The van der Waals surface area contributed by atoms with Crippen molar-refractivity contribution < 1.29 is 17.6 Å². The number of nitrogens with one attached hydrogen (secondary N) is 1. The van der Waals surface area contributed by atoms with E-state index in [1.54, 1.807) is 6.92 Å². The van der Waals surface area contributed by atoms with E-state index in [1.165, 1.54) is 11.8 Å². The molecule has 9 heteroatoms. The number of aryl methyl sites for hydroxylation is 1. The average molecular weight is 396 g/mol. The van der Waals surface area contributed by atoms with Crippen LogP contribution in [0.2, 0.25) is 0 Å². The molecule has 0 spiro atoms. The Balaban J connectivity index is 1.53. The second kappa shape index (κ2) is 7.79. The minimum absolute atomic E-state index is 0.0283. The molecule has 0 radical (unpaired) electrons. The van der Waals surface area contributed by atoms with Gasteiger partial charge in [-0.1, -0.05) is 29.5 Å². The van der Waals surface area contributed by atoms with E-state index >= 15 is 0 Å². The molecule has 1 N–H and O–H groups in total. The molecule has 1 aromatic carbocycles. The molecule has 2 atom stereocenters. The molecule has 26 heavy (non-hydrogen) atoms. The van der Waals surface area contributed by atoms with Crippen LogP contribution in [0.25, 0.3) is 0 Å². The number of thioether (sulfide) groups is 1. The van der Waals surface area contributed by atoms with Gasteiger partial charge in [0.05, 0.1) is 16.8 Å². The standard InChI is InChI=1S/C17H21N3O4S2/c1-11-3-5-14(6-4-11)18-16(21)12(2)25-17-20-19-15(24-17)9-13-7-8-26(22,23)10-13/h3-6,12-13H,7-10H2,1-2H3,(H,18,21)/t12-,13-/m0/s1. The maximum Gasteiger partial charge on any atom is 0.277 e. The number of nitrogens with zero attached hydrogens (tertiary/aromatic N) is 2.